The first-order chi connectivity index (χ1) is 10.5. The molecule has 0 fully saturated rings. The maximum absolute atomic E-state index is 6.10. The summed E-state index contributed by atoms with van der Waals surface area (Å²) in [6.07, 6.45) is 0.847. The zero-order valence-electron chi connectivity index (χ0n) is 12.2. The highest BCUT2D eigenvalue weighted by Crippen LogP contribution is 2.39. The Hall–Kier alpha value is -0.930. The molecule has 2 rings (SSSR count). The van der Waals surface area contributed by atoms with Gasteiger partial charge in [-0.05, 0) is 31.3 Å². The van der Waals surface area contributed by atoms with E-state index in [9.17, 15) is 0 Å². The van der Waals surface area contributed by atoms with Crippen molar-refractivity contribution in [3.8, 4) is 5.75 Å². The molecule has 1 N–H and O–H groups in total. The van der Waals surface area contributed by atoms with E-state index in [2.05, 4.69) is 17.4 Å². The number of halogens is 3. The van der Waals surface area contributed by atoms with Gasteiger partial charge in [-0.1, -0.05) is 77.3 Å². The average Bonchev–Trinajstić information content (AvgIpc) is 2.52. The lowest BCUT2D eigenvalue weighted by atomic mass is 10.1. The van der Waals surface area contributed by atoms with Crippen molar-refractivity contribution in [1.82, 2.24) is 5.32 Å². The maximum atomic E-state index is 6.10. The molecule has 0 spiro atoms. The van der Waals surface area contributed by atoms with E-state index in [-0.39, 0.29) is 6.10 Å². The predicted octanol–water partition coefficient (Wildman–Crippen LogP) is 5.24. The minimum atomic E-state index is -1.41. The van der Waals surface area contributed by atoms with Gasteiger partial charge in [0.2, 0.25) is 3.79 Å². The molecule has 0 amide bonds. The number of alkyl halides is 3. The molecule has 2 nitrogen and oxygen atoms in total. The van der Waals surface area contributed by atoms with Gasteiger partial charge in [-0.15, -0.1) is 0 Å². The SMILES string of the molecule is CNCCC(Oc1ccc(C(Cl)(Cl)Cl)cc1)c1ccccc1. The van der Waals surface area contributed by atoms with E-state index in [4.69, 9.17) is 39.5 Å². The second-order valence-electron chi connectivity index (χ2n) is 4.93. The van der Waals surface area contributed by atoms with Crippen molar-refractivity contribution >= 4 is 34.8 Å². The van der Waals surface area contributed by atoms with E-state index >= 15 is 0 Å². The van der Waals surface area contributed by atoms with Crippen LogP contribution >= 0.6 is 34.8 Å². The molecule has 0 heterocycles. The quantitative estimate of drug-likeness (QED) is 0.713. The minimum Gasteiger partial charge on any atom is -0.486 e. The first-order valence-electron chi connectivity index (χ1n) is 7.04. The van der Waals surface area contributed by atoms with Crippen molar-refractivity contribution in [1.29, 1.82) is 0 Å². The van der Waals surface area contributed by atoms with Crippen LogP contribution in [0.4, 0.5) is 0 Å². The molecule has 0 radical (unpaired) electrons. The number of benzene rings is 2. The van der Waals surface area contributed by atoms with Crippen molar-refractivity contribution in [2.75, 3.05) is 13.6 Å². The number of nitrogens with one attached hydrogen (secondary N) is 1. The lowest BCUT2D eigenvalue weighted by molar-refractivity contribution is 0.195. The van der Waals surface area contributed by atoms with Gasteiger partial charge in [-0.2, -0.15) is 0 Å². The average molecular weight is 359 g/mol. The molecule has 22 heavy (non-hydrogen) atoms. The summed E-state index contributed by atoms with van der Waals surface area (Å²) in [4.78, 5) is 0. The zero-order valence-corrected chi connectivity index (χ0v) is 14.5. The Morgan fingerprint density at radius 1 is 1.00 bits per heavy atom. The Balaban J connectivity index is 2.13. The lowest BCUT2D eigenvalue weighted by Crippen LogP contribution is -2.16. The van der Waals surface area contributed by atoms with Crippen molar-refractivity contribution < 1.29 is 4.74 Å². The molecule has 5 heteroatoms. The number of ether oxygens (including phenoxy) is 1. The third-order valence-electron chi connectivity index (χ3n) is 3.29. The largest absolute Gasteiger partial charge is 0.486 e. The minimum absolute atomic E-state index is 0.0211. The highest BCUT2D eigenvalue weighted by molar-refractivity contribution is 6.66. The lowest BCUT2D eigenvalue weighted by Gasteiger charge is -2.20. The van der Waals surface area contributed by atoms with Crippen molar-refractivity contribution in [3.63, 3.8) is 0 Å². The highest BCUT2D eigenvalue weighted by Gasteiger charge is 2.22. The number of rotatable bonds is 6. The summed E-state index contributed by atoms with van der Waals surface area (Å²) in [7, 11) is 1.93. The molecule has 0 aliphatic heterocycles. The Bertz CT molecular complexity index is 567. The van der Waals surface area contributed by atoms with Crippen LogP contribution in [0.2, 0.25) is 0 Å². The topological polar surface area (TPSA) is 21.3 Å². The molecule has 0 bridgehead atoms. The van der Waals surface area contributed by atoms with E-state index in [1.165, 1.54) is 0 Å². The van der Waals surface area contributed by atoms with Crippen molar-refractivity contribution in [2.24, 2.45) is 0 Å². The smallest absolute Gasteiger partial charge is 0.216 e. The second-order valence-corrected chi connectivity index (χ2v) is 7.21. The fourth-order valence-electron chi connectivity index (χ4n) is 2.12. The van der Waals surface area contributed by atoms with Crippen molar-refractivity contribution in [3.05, 3.63) is 65.7 Å². The standard InChI is InChI=1S/C17H18Cl3NO/c1-21-12-11-16(13-5-3-2-4-6-13)22-15-9-7-14(8-10-15)17(18,19)20/h2-10,16,21H,11-12H2,1H3. The number of hydrogen-bond acceptors (Lipinski definition) is 2. The van der Waals surface area contributed by atoms with Crippen LogP contribution in [0.1, 0.15) is 23.7 Å². The van der Waals surface area contributed by atoms with Crippen molar-refractivity contribution in [2.45, 2.75) is 16.3 Å². The molecule has 0 aliphatic carbocycles. The Morgan fingerprint density at radius 2 is 1.64 bits per heavy atom. The van der Waals surface area contributed by atoms with E-state index < -0.39 is 3.79 Å². The molecule has 1 atom stereocenters. The summed E-state index contributed by atoms with van der Waals surface area (Å²) >= 11 is 17.6. The van der Waals surface area contributed by atoms with E-state index in [1.807, 2.05) is 37.4 Å². The fourth-order valence-corrected chi connectivity index (χ4v) is 2.50. The van der Waals surface area contributed by atoms with Gasteiger partial charge in [-0.25, -0.2) is 0 Å². The first-order valence-corrected chi connectivity index (χ1v) is 8.17. The second kappa shape index (κ2) is 8.07. The molecule has 0 aliphatic rings. The normalized spacial score (nSPS) is 12.9. The van der Waals surface area contributed by atoms with Crippen LogP contribution in [0, 0.1) is 0 Å². The van der Waals surface area contributed by atoms with E-state index in [0.29, 0.717) is 5.56 Å². The Labute approximate surface area is 146 Å². The van der Waals surface area contributed by atoms with Gasteiger partial charge >= 0.3 is 0 Å². The van der Waals surface area contributed by atoms with Crippen LogP contribution in [0.15, 0.2) is 54.6 Å². The van der Waals surface area contributed by atoms with Crippen LogP contribution in [-0.4, -0.2) is 13.6 Å². The van der Waals surface area contributed by atoms with Gasteiger partial charge in [0.25, 0.3) is 0 Å². The van der Waals surface area contributed by atoms with Crippen LogP contribution in [0.3, 0.4) is 0 Å². The molecule has 1 unspecified atom stereocenters. The third kappa shape index (κ3) is 5.06. The Morgan fingerprint density at radius 3 is 2.18 bits per heavy atom. The first kappa shape index (κ1) is 17.4. The molecule has 0 saturated heterocycles. The van der Waals surface area contributed by atoms with Crippen LogP contribution in [0.5, 0.6) is 5.75 Å². The molecule has 2 aromatic rings. The third-order valence-corrected chi connectivity index (χ3v) is 3.94. The van der Waals surface area contributed by atoms with Gasteiger partial charge in [0.1, 0.15) is 11.9 Å². The summed E-state index contributed by atoms with van der Waals surface area (Å²) < 4.78 is 4.69. The van der Waals surface area contributed by atoms with Gasteiger partial charge in [0, 0.05) is 12.0 Å². The maximum Gasteiger partial charge on any atom is 0.216 e. The predicted molar refractivity (Wildman–Crippen MR) is 94.0 cm³/mol. The summed E-state index contributed by atoms with van der Waals surface area (Å²) in [5.74, 6) is 0.753. The highest BCUT2D eigenvalue weighted by atomic mass is 35.6. The molecular formula is C17H18Cl3NO. The van der Waals surface area contributed by atoms with Gasteiger partial charge in [0.15, 0.2) is 0 Å². The monoisotopic (exact) mass is 357 g/mol. The zero-order chi connectivity index (χ0) is 16.0. The van der Waals surface area contributed by atoms with Gasteiger partial charge in [-0.3, -0.25) is 0 Å². The van der Waals surface area contributed by atoms with Gasteiger partial charge in [0.05, 0.1) is 0 Å². The summed E-state index contributed by atoms with van der Waals surface area (Å²) in [5.41, 5.74) is 1.76. The number of hydrogen-bond donors (Lipinski definition) is 1. The summed E-state index contributed by atoms with van der Waals surface area (Å²) in [5, 5.41) is 3.15. The van der Waals surface area contributed by atoms with Crippen LogP contribution in [-0.2, 0) is 3.79 Å². The molecule has 0 saturated carbocycles. The molecule has 0 aromatic heterocycles. The van der Waals surface area contributed by atoms with Crippen LogP contribution < -0.4 is 10.1 Å². The Kier molecular flexibility index (Phi) is 6.39. The summed E-state index contributed by atoms with van der Waals surface area (Å²) in [6, 6.07) is 17.3. The van der Waals surface area contributed by atoms with Gasteiger partial charge < -0.3 is 10.1 Å². The molecule has 2 aromatic carbocycles. The van der Waals surface area contributed by atoms with E-state index in [0.717, 1.165) is 24.3 Å². The summed E-state index contributed by atoms with van der Waals surface area (Å²) in [6.45, 7) is 0.867. The van der Waals surface area contributed by atoms with E-state index in [1.54, 1.807) is 12.1 Å². The molecular weight excluding hydrogens is 341 g/mol. The fraction of sp³-hybridized carbons (Fsp3) is 0.294. The van der Waals surface area contributed by atoms with Crippen LogP contribution in [0.25, 0.3) is 0 Å². The molecule has 118 valence electrons.